The van der Waals surface area contributed by atoms with E-state index in [0.717, 1.165) is 16.6 Å². The van der Waals surface area contributed by atoms with Gasteiger partial charge >= 0.3 is 5.97 Å². The Kier molecular flexibility index (Phi) is 5.40. The first-order valence-corrected chi connectivity index (χ1v) is 8.97. The van der Waals surface area contributed by atoms with Crippen LogP contribution < -0.4 is 9.47 Å². The van der Waals surface area contributed by atoms with Crippen LogP contribution in [0.5, 0.6) is 11.5 Å². The summed E-state index contributed by atoms with van der Waals surface area (Å²) < 4.78 is 17.7. The summed E-state index contributed by atoms with van der Waals surface area (Å²) >= 11 is 0. The van der Waals surface area contributed by atoms with Crippen LogP contribution in [0.3, 0.4) is 0 Å². The predicted molar refractivity (Wildman–Crippen MR) is 107 cm³/mol. The molecule has 0 atom stereocenters. The SMILES string of the molecule is CCOC(=O)c1cc2cc(-c3ccc(OC)cc3OC)cn2c(C(C)=O)c1C. The van der Waals surface area contributed by atoms with Crippen molar-refractivity contribution in [2.24, 2.45) is 0 Å². The largest absolute Gasteiger partial charge is 0.497 e. The number of aromatic nitrogens is 1. The number of methoxy groups -OCH3 is 2. The van der Waals surface area contributed by atoms with E-state index in [1.54, 1.807) is 44.6 Å². The molecule has 0 aliphatic carbocycles. The Morgan fingerprint density at radius 1 is 1.07 bits per heavy atom. The Bertz CT molecular complexity index is 1060. The summed E-state index contributed by atoms with van der Waals surface area (Å²) in [6.45, 7) is 5.28. The second-order valence-electron chi connectivity index (χ2n) is 6.40. The van der Waals surface area contributed by atoms with Crippen LogP contribution in [0.25, 0.3) is 16.6 Å². The normalized spacial score (nSPS) is 10.8. The van der Waals surface area contributed by atoms with E-state index in [1.807, 2.05) is 24.4 Å². The molecule has 0 fully saturated rings. The fourth-order valence-electron chi connectivity index (χ4n) is 3.39. The first-order valence-electron chi connectivity index (χ1n) is 8.97. The van der Waals surface area contributed by atoms with Gasteiger partial charge in [0, 0.05) is 35.8 Å². The van der Waals surface area contributed by atoms with Gasteiger partial charge in [0.1, 0.15) is 11.5 Å². The van der Waals surface area contributed by atoms with Crippen LogP contribution in [-0.2, 0) is 4.74 Å². The molecule has 6 heteroatoms. The summed E-state index contributed by atoms with van der Waals surface area (Å²) in [7, 11) is 3.19. The number of hydrogen-bond donors (Lipinski definition) is 0. The number of fused-ring (bicyclic) bond motifs is 1. The van der Waals surface area contributed by atoms with Gasteiger partial charge in [0.15, 0.2) is 5.78 Å². The lowest BCUT2D eigenvalue weighted by Crippen LogP contribution is -2.13. The zero-order chi connectivity index (χ0) is 20.4. The molecule has 3 rings (SSSR count). The van der Waals surface area contributed by atoms with Crippen molar-refractivity contribution >= 4 is 17.3 Å². The molecule has 0 N–H and O–H groups in total. The maximum absolute atomic E-state index is 12.4. The van der Waals surface area contributed by atoms with Crippen LogP contribution in [0.2, 0.25) is 0 Å². The summed E-state index contributed by atoms with van der Waals surface area (Å²) in [5, 5.41) is 0. The van der Waals surface area contributed by atoms with Crippen molar-refractivity contribution in [2.45, 2.75) is 20.8 Å². The van der Waals surface area contributed by atoms with Crippen LogP contribution in [-0.4, -0.2) is 37.0 Å². The number of nitrogens with zero attached hydrogens (tertiary/aromatic N) is 1. The summed E-state index contributed by atoms with van der Waals surface area (Å²) in [6, 6.07) is 9.22. The summed E-state index contributed by atoms with van der Waals surface area (Å²) in [5.74, 6) is 0.781. The number of pyridine rings is 1. The van der Waals surface area contributed by atoms with E-state index in [1.165, 1.54) is 6.92 Å². The van der Waals surface area contributed by atoms with Crippen molar-refractivity contribution in [2.75, 3.05) is 20.8 Å². The predicted octanol–water partition coefficient (Wildman–Crippen LogP) is 4.31. The zero-order valence-electron chi connectivity index (χ0n) is 16.7. The average molecular weight is 381 g/mol. The van der Waals surface area contributed by atoms with Crippen molar-refractivity contribution in [1.29, 1.82) is 0 Å². The lowest BCUT2D eigenvalue weighted by molar-refractivity contribution is 0.0525. The van der Waals surface area contributed by atoms with Gasteiger partial charge in [-0.3, -0.25) is 4.79 Å². The van der Waals surface area contributed by atoms with E-state index in [9.17, 15) is 9.59 Å². The Morgan fingerprint density at radius 2 is 1.82 bits per heavy atom. The monoisotopic (exact) mass is 381 g/mol. The third-order valence-electron chi connectivity index (χ3n) is 4.69. The van der Waals surface area contributed by atoms with Crippen molar-refractivity contribution < 1.29 is 23.8 Å². The minimum absolute atomic E-state index is 0.127. The Labute approximate surface area is 163 Å². The minimum Gasteiger partial charge on any atom is -0.497 e. The highest BCUT2D eigenvalue weighted by Gasteiger charge is 2.20. The molecular weight excluding hydrogens is 358 g/mol. The van der Waals surface area contributed by atoms with Gasteiger partial charge in [0.25, 0.3) is 0 Å². The Morgan fingerprint density at radius 3 is 2.43 bits per heavy atom. The molecule has 0 spiro atoms. The zero-order valence-corrected chi connectivity index (χ0v) is 16.7. The molecule has 0 unspecified atom stereocenters. The smallest absolute Gasteiger partial charge is 0.338 e. The quantitative estimate of drug-likeness (QED) is 0.470. The van der Waals surface area contributed by atoms with Gasteiger partial charge in [-0.15, -0.1) is 0 Å². The number of rotatable bonds is 6. The molecule has 0 saturated carbocycles. The topological polar surface area (TPSA) is 66.2 Å². The number of carbonyl (C=O) groups is 2. The highest BCUT2D eigenvalue weighted by atomic mass is 16.5. The van der Waals surface area contributed by atoms with Crippen LogP contribution in [0.4, 0.5) is 0 Å². The van der Waals surface area contributed by atoms with Gasteiger partial charge in [-0.05, 0) is 43.7 Å². The van der Waals surface area contributed by atoms with Crippen molar-refractivity contribution in [3.63, 3.8) is 0 Å². The van der Waals surface area contributed by atoms with Gasteiger partial charge in [-0.1, -0.05) is 0 Å². The van der Waals surface area contributed by atoms with E-state index in [-0.39, 0.29) is 12.4 Å². The van der Waals surface area contributed by atoms with Crippen molar-refractivity contribution in [1.82, 2.24) is 4.40 Å². The molecular formula is C22H23NO5. The molecule has 0 bridgehead atoms. The molecule has 28 heavy (non-hydrogen) atoms. The molecule has 0 saturated heterocycles. The van der Waals surface area contributed by atoms with Crippen LogP contribution >= 0.6 is 0 Å². The van der Waals surface area contributed by atoms with Crippen LogP contribution in [0.1, 0.15) is 40.3 Å². The fraction of sp³-hybridized carbons (Fsp3) is 0.273. The number of ether oxygens (including phenoxy) is 3. The number of ketones is 1. The summed E-state index contributed by atoms with van der Waals surface area (Å²) in [4.78, 5) is 24.7. The van der Waals surface area contributed by atoms with E-state index in [2.05, 4.69) is 0 Å². The van der Waals surface area contributed by atoms with E-state index in [0.29, 0.717) is 28.3 Å². The second-order valence-corrected chi connectivity index (χ2v) is 6.40. The number of hydrogen-bond acceptors (Lipinski definition) is 5. The molecule has 0 amide bonds. The summed E-state index contributed by atoms with van der Waals surface area (Å²) in [5.41, 5.74) is 3.90. The molecule has 0 aliphatic rings. The van der Waals surface area contributed by atoms with Gasteiger partial charge in [-0.25, -0.2) is 4.79 Å². The standard InChI is InChI=1S/C22H23NO5/c1-6-28-22(25)19-10-16-9-15(12-23(16)21(13(19)2)14(3)24)18-8-7-17(26-4)11-20(18)27-5/h7-12H,6H2,1-5H3. The van der Waals surface area contributed by atoms with Gasteiger partial charge in [0.05, 0.1) is 32.1 Å². The van der Waals surface area contributed by atoms with Crippen LogP contribution in [0.15, 0.2) is 36.5 Å². The first-order chi connectivity index (χ1) is 13.4. The summed E-state index contributed by atoms with van der Waals surface area (Å²) in [6.07, 6.45) is 1.87. The first kappa shape index (κ1) is 19.5. The average Bonchev–Trinajstić information content (AvgIpc) is 3.09. The third kappa shape index (κ3) is 3.33. The lowest BCUT2D eigenvalue weighted by Gasteiger charge is -2.12. The van der Waals surface area contributed by atoms with Gasteiger partial charge < -0.3 is 18.6 Å². The van der Waals surface area contributed by atoms with Crippen molar-refractivity contribution in [3.8, 4) is 22.6 Å². The fourth-order valence-corrected chi connectivity index (χ4v) is 3.39. The Hall–Kier alpha value is -3.28. The Balaban J connectivity index is 2.25. The molecule has 0 aliphatic heterocycles. The van der Waals surface area contributed by atoms with E-state index >= 15 is 0 Å². The number of carbonyl (C=O) groups excluding carboxylic acids is 2. The second kappa shape index (κ2) is 7.76. The number of Topliss-reactive ketones (excluding diaryl/α,β-unsaturated/α-hetero) is 1. The van der Waals surface area contributed by atoms with Gasteiger partial charge in [-0.2, -0.15) is 0 Å². The highest BCUT2D eigenvalue weighted by Crippen LogP contribution is 2.35. The van der Waals surface area contributed by atoms with E-state index < -0.39 is 5.97 Å². The molecule has 2 aromatic heterocycles. The maximum Gasteiger partial charge on any atom is 0.338 e. The minimum atomic E-state index is -0.435. The molecule has 6 nitrogen and oxygen atoms in total. The third-order valence-corrected chi connectivity index (χ3v) is 4.69. The molecule has 146 valence electrons. The number of esters is 1. The molecule has 0 radical (unpaired) electrons. The lowest BCUT2D eigenvalue weighted by atomic mass is 10.0. The van der Waals surface area contributed by atoms with Crippen molar-refractivity contribution in [3.05, 3.63) is 53.3 Å². The highest BCUT2D eigenvalue weighted by molar-refractivity contribution is 6.01. The molecule has 3 aromatic rings. The van der Waals surface area contributed by atoms with E-state index in [4.69, 9.17) is 14.2 Å². The maximum atomic E-state index is 12.4. The van der Waals surface area contributed by atoms with Crippen LogP contribution in [0, 0.1) is 6.92 Å². The van der Waals surface area contributed by atoms with Gasteiger partial charge in [0.2, 0.25) is 0 Å². The molecule has 1 aromatic carbocycles. The molecule has 2 heterocycles. The number of benzene rings is 1.